The van der Waals surface area contributed by atoms with Crippen LogP contribution in [0.4, 0.5) is 5.69 Å². The largest absolute Gasteiger partial charge is 2.00 e. The maximum absolute atomic E-state index is 9.99. The summed E-state index contributed by atoms with van der Waals surface area (Å²) in [5.74, 6) is 0. The minimum atomic E-state index is -0.437. The number of non-ortho nitro benzene ring substituents is 1. The molecule has 0 atom stereocenters. The van der Waals surface area contributed by atoms with Gasteiger partial charge in [-0.3, -0.25) is 17.0 Å². The van der Waals surface area contributed by atoms with Crippen LogP contribution in [0.3, 0.4) is 0 Å². The normalized spacial score (nSPS) is 8.75. The average Bonchev–Trinajstić information content (AvgIpc) is 2.30. The fourth-order valence-corrected chi connectivity index (χ4v) is 0.596. The quantitative estimate of drug-likeness (QED) is 0.361. The molecule has 0 N–H and O–H groups in total. The summed E-state index contributed by atoms with van der Waals surface area (Å²) >= 11 is 0. The summed E-state index contributed by atoms with van der Waals surface area (Å²) in [7, 11) is 3.09. The van der Waals surface area contributed by atoms with Gasteiger partial charge in [0.05, 0.1) is 0 Å². The number of rotatable bonds is 3. The van der Waals surface area contributed by atoms with Gasteiger partial charge in [0.15, 0.2) is 5.69 Å². The van der Waals surface area contributed by atoms with Crippen LogP contribution in [0, 0.1) is 23.1 Å². The summed E-state index contributed by atoms with van der Waals surface area (Å²) in [6, 6.07) is 8.51. The molecule has 0 saturated heterocycles. The first-order valence-corrected chi connectivity index (χ1v) is 4.11. The summed E-state index contributed by atoms with van der Waals surface area (Å²) < 4.78 is 9.13. The van der Waals surface area contributed by atoms with E-state index >= 15 is 0 Å². The molecule has 0 aromatic heterocycles. The second kappa shape index (κ2) is 10.6. The van der Waals surface area contributed by atoms with E-state index in [4.69, 9.17) is 0 Å². The minimum Gasteiger partial charge on any atom is -0.387 e. The van der Waals surface area contributed by atoms with Crippen molar-refractivity contribution in [3.8, 4) is 0 Å². The predicted octanol–water partition coefficient (Wildman–Crippen LogP) is 1.83. The van der Waals surface area contributed by atoms with E-state index in [0.717, 1.165) is 0 Å². The van der Waals surface area contributed by atoms with E-state index in [9.17, 15) is 10.1 Å². The number of hydrogen-bond acceptors (Lipinski definition) is 4. The number of nitro benzene ring substituents is 1. The van der Waals surface area contributed by atoms with Gasteiger partial charge in [0.2, 0.25) is 0 Å². The van der Waals surface area contributed by atoms with Gasteiger partial charge >= 0.3 is 18.6 Å². The third kappa shape index (κ3) is 8.43. The van der Waals surface area contributed by atoms with Gasteiger partial charge in [-0.1, -0.05) is 12.1 Å². The van der Waals surface area contributed by atoms with Crippen LogP contribution in [-0.4, -0.2) is 25.4 Å². The van der Waals surface area contributed by atoms with Crippen LogP contribution in [0.5, 0.6) is 0 Å². The Morgan fingerprint density at radius 3 is 2.00 bits per heavy atom. The van der Waals surface area contributed by atoms with Crippen molar-refractivity contribution >= 4 is 5.69 Å². The first-order chi connectivity index (χ1) is 7.11. The van der Waals surface area contributed by atoms with E-state index in [1.165, 1.54) is 24.3 Å². The van der Waals surface area contributed by atoms with Crippen LogP contribution in [0.1, 0.15) is 0 Å². The van der Waals surface area contributed by atoms with Crippen molar-refractivity contribution in [2.75, 3.05) is 14.2 Å². The summed E-state index contributed by atoms with van der Waals surface area (Å²) in [5, 5.41) is 9.99. The molecule has 0 amide bonds. The monoisotopic (exact) mass is 262 g/mol. The molecule has 0 aliphatic carbocycles. The summed E-state index contributed by atoms with van der Waals surface area (Å²) in [5.41, 5.74) is 0.105. The zero-order chi connectivity index (χ0) is 11.7. The molecule has 1 radical (unpaired) electrons. The van der Waals surface area contributed by atoms with Crippen LogP contribution in [0.15, 0.2) is 24.3 Å². The Morgan fingerprint density at radius 1 is 1.38 bits per heavy atom. The second-order valence-electron chi connectivity index (χ2n) is 2.42. The molecule has 0 saturated carbocycles. The molecule has 87 valence electrons. The molecule has 0 bridgehead atoms. The van der Waals surface area contributed by atoms with Crippen LogP contribution in [0.25, 0.3) is 0 Å². The molecule has 5 nitrogen and oxygen atoms in total. The van der Waals surface area contributed by atoms with Crippen molar-refractivity contribution in [1.82, 2.24) is 0 Å². The van der Waals surface area contributed by atoms with Crippen LogP contribution in [0.2, 0.25) is 0 Å². The first-order valence-electron chi connectivity index (χ1n) is 4.11. The van der Waals surface area contributed by atoms with E-state index in [0.29, 0.717) is 0 Å². The van der Waals surface area contributed by atoms with Gasteiger partial charge in [-0.05, 0) is 0 Å². The van der Waals surface area contributed by atoms with Gasteiger partial charge in [-0.25, -0.2) is 0 Å². The van der Waals surface area contributed by atoms with Crippen LogP contribution in [-0.2, 0) is 28.0 Å². The molecule has 6 heteroatoms. The van der Waals surface area contributed by atoms with Gasteiger partial charge in [0.25, 0.3) is 0 Å². The van der Waals surface area contributed by atoms with Gasteiger partial charge in [0, 0.05) is 25.4 Å². The number of nitrogens with zero attached hydrogens (tertiary/aromatic N) is 1. The molecule has 0 aliphatic rings. The van der Waals surface area contributed by atoms with Crippen molar-refractivity contribution in [3.05, 3.63) is 47.4 Å². The Balaban J connectivity index is 0. The molecule has 0 spiro atoms. The number of hydrogen-bond donors (Lipinski definition) is 0. The van der Waals surface area contributed by atoms with Crippen molar-refractivity contribution in [3.63, 3.8) is 0 Å². The SMILES string of the molecule is O=[N+]([O-])c1cc[c-]cc1.[CH2-]C(OC)OC.[V+2]. The standard InChI is InChI=1S/C6H4NO2.C4H9O2.V/c8-7(9)6-4-2-1-3-5-6;1-4(5-2)6-3;/h2-5H;4H,1H2,2-3H3;/q2*-1;+2. The van der Waals surface area contributed by atoms with Gasteiger partial charge < -0.3 is 9.47 Å². The Kier molecular flexibility index (Phi) is 11.6. The first kappa shape index (κ1) is 17.5. The summed E-state index contributed by atoms with van der Waals surface area (Å²) in [4.78, 5) is 9.56. The Morgan fingerprint density at radius 2 is 1.81 bits per heavy atom. The zero-order valence-electron chi connectivity index (χ0n) is 9.12. The molecule has 1 aromatic rings. The second-order valence-corrected chi connectivity index (χ2v) is 2.42. The summed E-state index contributed by atoms with van der Waals surface area (Å²) in [6.07, 6.45) is -0.315. The molecule has 1 rings (SSSR count). The molecule has 1 aromatic carbocycles. The minimum absolute atomic E-state index is 0. The van der Waals surface area contributed by atoms with E-state index in [1.54, 1.807) is 14.2 Å². The summed E-state index contributed by atoms with van der Waals surface area (Å²) in [6.45, 7) is 3.43. The number of nitro groups is 1. The molecule has 16 heavy (non-hydrogen) atoms. The number of benzene rings is 1. The van der Waals surface area contributed by atoms with E-state index in [-0.39, 0.29) is 30.5 Å². The smallest absolute Gasteiger partial charge is 0.387 e. The van der Waals surface area contributed by atoms with E-state index in [1.807, 2.05) is 0 Å². The molecule has 0 unspecified atom stereocenters. The maximum Gasteiger partial charge on any atom is 2.00 e. The third-order valence-electron chi connectivity index (χ3n) is 1.44. The van der Waals surface area contributed by atoms with Gasteiger partial charge in [-0.2, -0.15) is 18.2 Å². The number of ether oxygens (including phenoxy) is 2. The Labute approximate surface area is 107 Å². The maximum atomic E-state index is 9.99. The molecular formula is C10H13NO4V. The van der Waals surface area contributed by atoms with Crippen molar-refractivity contribution in [2.45, 2.75) is 6.29 Å². The zero-order valence-corrected chi connectivity index (χ0v) is 10.5. The molecule has 0 fully saturated rings. The Bertz CT molecular complexity index is 277. The predicted molar refractivity (Wildman–Crippen MR) is 55.1 cm³/mol. The van der Waals surface area contributed by atoms with Gasteiger partial charge in [0.1, 0.15) is 0 Å². The fourth-order valence-electron chi connectivity index (χ4n) is 0.596. The van der Waals surface area contributed by atoms with E-state index in [2.05, 4.69) is 22.5 Å². The van der Waals surface area contributed by atoms with Crippen LogP contribution >= 0.6 is 0 Å². The molecular weight excluding hydrogens is 249 g/mol. The van der Waals surface area contributed by atoms with Crippen LogP contribution < -0.4 is 0 Å². The number of methoxy groups -OCH3 is 2. The van der Waals surface area contributed by atoms with Crippen molar-refractivity contribution in [1.29, 1.82) is 0 Å². The average molecular weight is 262 g/mol. The molecule has 0 aliphatic heterocycles. The molecule has 0 heterocycles. The third-order valence-corrected chi connectivity index (χ3v) is 1.44. The van der Waals surface area contributed by atoms with Crippen molar-refractivity contribution < 1.29 is 33.0 Å². The Hall–Kier alpha value is -0.876. The topological polar surface area (TPSA) is 61.6 Å². The fraction of sp³-hybridized carbons (Fsp3) is 0.300. The van der Waals surface area contributed by atoms with Crippen molar-refractivity contribution in [2.24, 2.45) is 0 Å². The van der Waals surface area contributed by atoms with Gasteiger partial charge in [-0.15, -0.1) is 0 Å². The van der Waals surface area contributed by atoms with E-state index < -0.39 is 4.92 Å².